The number of hydrogen-bond donors (Lipinski definition) is 2. The lowest BCUT2D eigenvalue weighted by Crippen LogP contribution is -2.48. The fraction of sp³-hybridized carbons (Fsp3) is 0.240. The Balaban J connectivity index is 1.37. The minimum atomic E-state index is -5.12. The molecular weight excluding hydrogens is 537 g/mol. The Labute approximate surface area is 221 Å². The van der Waals surface area contributed by atoms with Crippen LogP contribution in [0, 0.1) is 0 Å². The van der Waals surface area contributed by atoms with Crippen LogP contribution in [0.1, 0.15) is 16.1 Å². The molecule has 0 aliphatic carbocycles. The molecule has 4 aromatic rings. The van der Waals surface area contributed by atoms with Gasteiger partial charge in [0.05, 0.1) is 11.2 Å². The van der Waals surface area contributed by atoms with Gasteiger partial charge < -0.3 is 9.64 Å². The molecular formula is C25H23F3N6O4S. The van der Waals surface area contributed by atoms with E-state index in [9.17, 15) is 26.4 Å². The second-order valence-corrected chi connectivity index (χ2v) is 10.5. The van der Waals surface area contributed by atoms with Gasteiger partial charge in [-0.25, -0.2) is 8.42 Å². The number of carbonyl (C=O) groups excluding carboxylic acids is 1. The van der Waals surface area contributed by atoms with Crippen molar-refractivity contribution in [2.75, 3.05) is 30.9 Å². The van der Waals surface area contributed by atoms with Crippen LogP contribution >= 0.6 is 0 Å². The monoisotopic (exact) mass is 560 g/mol. The average Bonchev–Trinajstić information content (AvgIpc) is 3.41. The minimum Gasteiger partial charge on any atom is -0.404 e. The number of aromatic nitrogens is 3. The molecule has 14 heteroatoms. The average molecular weight is 561 g/mol. The molecule has 1 saturated heterocycles. The normalized spacial score (nSPS) is 14.9. The van der Waals surface area contributed by atoms with Gasteiger partial charge in [-0.3, -0.25) is 24.5 Å². The smallest absolute Gasteiger partial charge is 0.404 e. The minimum absolute atomic E-state index is 0.0638. The van der Waals surface area contributed by atoms with Crippen LogP contribution in [0.4, 0.5) is 18.9 Å². The first kappa shape index (κ1) is 26.4. The molecule has 1 amide bonds. The van der Waals surface area contributed by atoms with Crippen LogP contribution in [0.15, 0.2) is 71.9 Å². The lowest BCUT2D eigenvalue weighted by molar-refractivity contribution is -0.274. The summed E-state index contributed by atoms with van der Waals surface area (Å²) in [4.78, 5) is 20.6. The maximum absolute atomic E-state index is 13.3. The molecule has 204 valence electrons. The fourth-order valence-electron chi connectivity index (χ4n) is 4.35. The summed E-state index contributed by atoms with van der Waals surface area (Å²) in [6.45, 7) is 2.49. The van der Waals surface area contributed by atoms with Crippen molar-refractivity contribution in [2.45, 2.75) is 17.8 Å². The van der Waals surface area contributed by atoms with E-state index in [4.69, 9.17) is 0 Å². The molecule has 1 aliphatic heterocycles. The standard InChI is InChI=1S/C25H23F3N6O4S/c26-25(27,28)38-21-15-18(24(35)34-13-11-33(12-14-34)16-19-8-10-30-31-19)6-7-20(21)32-39(36,37)22-5-1-3-17-4-2-9-29-23(17)22/h1-10,15,32H,11-14,16H2,(H,30,31). The van der Waals surface area contributed by atoms with Crippen LogP contribution in [0.3, 0.4) is 0 Å². The largest absolute Gasteiger partial charge is 0.573 e. The number of alkyl halides is 3. The van der Waals surface area contributed by atoms with Crippen molar-refractivity contribution >= 4 is 32.5 Å². The summed E-state index contributed by atoms with van der Waals surface area (Å²) >= 11 is 0. The Kier molecular flexibility index (Phi) is 7.14. The van der Waals surface area contributed by atoms with Crippen LogP contribution < -0.4 is 9.46 Å². The molecule has 2 aromatic carbocycles. The number of H-pyrrole nitrogens is 1. The first-order valence-electron chi connectivity index (χ1n) is 11.9. The van der Waals surface area contributed by atoms with Gasteiger partial charge in [0.15, 0.2) is 5.75 Å². The van der Waals surface area contributed by atoms with Crippen LogP contribution in [-0.4, -0.2) is 71.8 Å². The number of nitrogens with zero attached hydrogens (tertiary/aromatic N) is 4. The Morgan fingerprint density at radius 1 is 1.03 bits per heavy atom. The zero-order valence-electron chi connectivity index (χ0n) is 20.4. The van der Waals surface area contributed by atoms with Crippen molar-refractivity contribution in [1.82, 2.24) is 25.0 Å². The highest BCUT2D eigenvalue weighted by Gasteiger charge is 2.34. The van der Waals surface area contributed by atoms with Gasteiger partial charge in [0.2, 0.25) is 0 Å². The number of anilines is 1. The van der Waals surface area contributed by atoms with Gasteiger partial charge in [0.25, 0.3) is 15.9 Å². The number of halogens is 3. The first-order valence-corrected chi connectivity index (χ1v) is 13.3. The Hall–Kier alpha value is -4.17. The van der Waals surface area contributed by atoms with Crippen molar-refractivity contribution in [3.8, 4) is 5.75 Å². The number of fused-ring (bicyclic) bond motifs is 1. The van der Waals surface area contributed by atoms with Gasteiger partial charge in [-0.15, -0.1) is 13.2 Å². The molecule has 0 spiro atoms. The molecule has 1 fully saturated rings. The summed E-state index contributed by atoms with van der Waals surface area (Å²) in [5.41, 5.74) is 0.553. The number of pyridine rings is 1. The van der Waals surface area contributed by atoms with Crippen molar-refractivity contribution in [1.29, 1.82) is 0 Å². The van der Waals surface area contributed by atoms with Crippen molar-refractivity contribution in [3.05, 3.63) is 78.2 Å². The molecule has 39 heavy (non-hydrogen) atoms. The van der Waals surface area contributed by atoms with Gasteiger partial charge >= 0.3 is 6.36 Å². The summed E-state index contributed by atoms with van der Waals surface area (Å²) in [5.74, 6) is -1.33. The highest BCUT2D eigenvalue weighted by atomic mass is 32.2. The van der Waals surface area contributed by atoms with Crippen molar-refractivity contribution in [2.24, 2.45) is 0 Å². The van der Waals surface area contributed by atoms with Gasteiger partial charge in [-0.2, -0.15) is 5.10 Å². The first-order chi connectivity index (χ1) is 18.6. The van der Waals surface area contributed by atoms with Gasteiger partial charge in [-0.05, 0) is 36.4 Å². The highest BCUT2D eigenvalue weighted by Crippen LogP contribution is 2.34. The van der Waals surface area contributed by atoms with Crippen molar-refractivity contribution in [3.63, 3.8) is 0 Å². The third-order valence-corrected chi connectivity index (χ3v) is 7.59. The van der Waals surface area contributed by atoms with Gasteiger partial charge in [0.1, 0.15) is 4.90 Å². The van der Waals surface area contributed by atoms with E-state index < -0.39 is 33.7 Å². The SMILES string of the molecule is O=C(c1ccc(NS(=O)(=O)c2cccc3cccnc23)c(OC(F)(F)F)c1)N1CCN(Cc2ccn[nH]2)CC1. The van der Waals surface area contributed by atoms with E-state index in [1.807, 2.05) is 6.07 Å². The number of piperazine rings is 1. The second kappa shape index (κ2) is 10.5. The van der Waals surface area contributed by atoms with Gasteiger partial charge in [-0.1, -0.05) is 18.2 Å². The molecule has 2 aromatic heterocycles. The molecule has 0 unspecified atom stereocenters. The van der Waals surface area contributed by atoms with E-state index in [-0.39, 0.29) is 16.0 Å². The number of hydrogen-bond acceptors (Lipinski definition) is 7. The molecule has 10 nitrogen and oxygen atoms in total. The van der Waals surface area contributed by atoms with E-state index in [2.05, 4.69) is 29.5 Å². The summed E-state index contributed by atoms with van der Waals surface area (Å²) in [6, 6.07) is 12.9. The number of rotatable bonds is 7. The van der Waals surface area contributed by atoms with Crippen LogP contribution in [0.2, 0.25) is 0 Å². The molecule has 0 bridgehead atoms. The molecule has 1 aliphatic rings. The summed E-state index contributed by atoms with van der Waals surface area (Å²) in [7, 11) is -4.37. The molecule has 0 saturated carbocycles. The Bertz CT molecular complexity index is 1580. The van der Waals surface area contributed by atoms with E-state index in [1.54, 1.807) is 24.4 Å². The Morgan fingerprint density at radius 3 is 2.51 bits per heavy atom. The molecule has 2 N–H and O–H groups in total. The fourth-order valence-corrected chi connectivity index (χ4v) is 5.60. The second-order valence-electron chi connectivity index (χ2n) is 8.85. The van der Waals surface area contributed by atoms with Crippen LogP contribution in [0.5, 0.6) is 5.75 Å². The zero-order valence-corrected chi connectivity index (χ0v) is 21.2. The molecule has 5 rings (SSSR count). The summed E-state index contributed by atoms with van der Waals surface area (Å²) in [6.07, 6.45) is -2.06. The van der Waals surface area contributed by atoms with Crippen LogP contribution in [0.25, 0.3) is 10.9 Å². The topological polar surface area (TPSA) is 121 Å². The number of aromatic amines is 1. The predicted molar refractivity (Wildman–Crippen MR) is 135 cm³/mol. The molecule has 0 atom stereocenters. The van der Waals surface area contributed by atoms with Gasteiger partial charge in [0, 0.05) is 61.8 Å². The predicted octanol–water partition coefficient (Wildman–Crippen LogP) is 3.62. The van der Waals surface area contributed by atoms with E-state index in [0.29, 0.717) is 38.1 Å². The van der Waals surface area contributed by atoms with E-state index in [1.165, 1.54) is 29.3 Å². The lowest BCUT2D eigenvalue weighted by atomic mass is 10.1. The number of para-hydroxylation sites is 1. The zero-order chi connectivity index (χ0) is 27.6. The van der Waals surface area contributed by atoms with E-state index in [0.717, 1.165) is 17.8 Å². The van der Waals surface area contributed by atoms with Crippen molar-refractivity contribution < 1.29 is 31.1 Å². The van der Waals surface area contributed by atoms with E-state index >= 15 is 0 Å². The molecule has 0 radical (unpaired) electrons. The number of sulfonamides is 1. The quantitative estimate of drug-likeness (QED) is 0.354. The third kappa shape index (κ3) is 6.12. The number of benzene rings is 2. The lowest BCUT2D eigenvalue weighted by Gasteiger charge is -2.34. The summed E-state index contributed by atoms with van der Waals surface area (Å²) < 4.78 is 72.4. The summed E-state index contributed by atoms with van der Waals surface area (Å²) in [5, 5.41) is 7.33. The number of carbonyl (C=O) groups is 1. The Morgan fingerprint density at radius 2 is 1.79 bits per heavy atom. The number of amides is 1. The highest BCUT2D eigenvalue weighted by molar-refractivity contribution is 7.93. The maximum atomic E-state index is 13.3. The number of ether oxygens (including phenoxy) is 1. The maximum Gasteiger partial charge on any atom is 0.573 e. The third-order valence-electron chi connectivity index (χ3n) is 6.20. The van der Waals surface area contributed by atoms with Crippen LogP contribution in [-0.2, 0) is 16.6 Å². The molecule has 3 heterocycles. The number of nitrogens with one attached hydrogen (secondary N) is 2.